The van der Waals surface area contributed by atoms with Crippen molar-refractivity contribution in [3.05, 3.63) is 0 Å². The van der Waals surface area contributed by atoms with Crippen molar-refractivity contribution in [2.75, 3.05) is 26.2 Å². The molecule has 0 aromatic rings. The van der Waals surface area contributed by atoms with Crippen molar-refractivity contribution in [1.29, 1.82) is 0 Å². The third kappa shape index (κ3) is 5.43. The van der Waals surface area contributed by atoms with Crippen LogP contribution in [-0.4, -0.2) is 65.7 Å². The molecular formula is C13H37N3Si3. The van der Waals surface area contributed by atoms with Crippen molar-refractivity contribution < 1.29 is 0 Å². The van der Waals surface area contributed by atoms with Gasteiger partial charge in [0, 0.05) is 0 Å². The van der Waals surface area contributed by atoms with E-state index in [2.05, 4.69) is 73.5 Å². The molecule has 0 aliphatic heterocycles. The van der Waals surface area contributed by atoms with Gasteiger partial charge >= 0.3 is 0 Å². The van der Waals surface area contributed by atoms with E-state index in [1.165, 1.54) is 26.2 Å². The second-order valence-electron chi connectivity index (χ2n) is 6.28. The van der Waals surface area contributed by atoms with E-state index in [9.17, 15) is 0 Å². The topological polar surface area (TPSA) is 9.72 Å². The van der Waals surface area contributed by atoms with Gasteiger partial charge in [-0.2, -0.15) is 0 Å². The molecule has 0 radical (unpaired) electrons. The van der Waals surface area contributed by atoms with E-state index in [1.54, 1.807) is 0 Å². The van der Waals surface area contributed by atoms with Gasteiger partial charge in [0.25, 0.3) is 0 Å². The first-order valence-corrected chi connectivity index (χ1v) is 15.8. The average Bonchev–Trinajstić information content (AvgIpc) is 2.30. The molecule has 0 N–H and O–H groups in total. The van der Waals surface area contributed by atoms with Crippen LogP contribution >= 0.6 is 0 Å². The molecule has 0 saturated heterocycles. The zero-order valence-electron chi connectivity index (χ0n) is 14.8. The summed E-state index contributed by atoms with van der Waals surface area (Å²) in [6, 6.07) is 0. The van der Waals surface area contributed by atoms with E-state index >= 15 is 0 Å². The van der Waals surface area contributed by atoms with Crippen molar-refractivity contribution in [2.45, 2.75) is 60.4 Å². The summed E-state index contributed by atoms with van der Waals surface area (Å²) in [6.45, 7) is 26.8. The molecule has 0 aliphatic rings. The summed E-state index contributed by atoms with van der Waals surface area (Å²) in [4.78, 5) is 0. The number of rotatable bonds is 9. The summed E-state index contributed by atoms with van der Waals surface area (Å²) >= 11 is 0. The van der Waals surface area contributed by atoms with E-state index < -0.39 is 26.5 Å². The van der Waals surface area contributed by atoms with Crippen LogP contribution in [0.5, 0.6) is 0 Å². The van der Waals surface area contributed by atoms with E-state index in [0.29, 0.717) is 0 Å². The highest BCUT2D eigenvalue weighted by molar-refractivity contribution is 6.92. The fourth-order valence-electron chi connectivity index (χ4n) is 3.29. The van der Waals surface area contributed by atoms with Crippen LogP contribution in [0.3, 0.4) is 0 Å². The molecule has 2 unspecified atom stereocenters. The first-order valence-electron chi connectivity index (χ1n) is 8.00. The van der Waals surface area contributed by atoms with Crippen molar-refractivity contribution in [3.8, 4) is 0 Å². The van der Waals surface area contributed by atoms with Crippen LogP contribution in [0.25, 0.3) is 0 Å². The molecule has 6 heteroatoms. The number of hydrogen-bond donors (Lipinski definition) is 0. The molecule has 116 valence electrons. The summed E-state index contributed by atoms with van der Waals surface area (Å²) in [5.41, 5.74) is 0. The molecule has 0 bridgehead atoms. The van der Waals surface area contributed by atoms with Crippen molar-refractivity contribution in [3.63, 3.8) is 0 Å². The normalized spacial score (nSPS) is 16.4. The van der Waals surface area contributed by atoms with E-state index in [4.69, 9.17) is 0 Å². The minimum atomic E-state index is -1.23. The molecule has 19 heavy (non-hydrogen) atoms. The Morgan fingerprint density at radius 3 is 1.11 bits per heavy atom. The van der Waals surface area contributed by atoms with E-state index in [1.807, 2.05) is 0 Å². The lowest BCUT2D eigenvalue weighted by Crippen LogP contribution is -2.69. The molecule has 2 atom stereocenters. The van der Waals surface area contributed by atoms with Crippen LogP contribution in [0.15, 0.2) is 0 Å². The Balaban J connectivity index is 5.21. The Morgan fingerprint density at radius 1 is 0.684 bits per heavy atom. The lowest BCUT2D eigenvalue weighted by molar-refractivity contribution is 0.434. The van der Waals surface area contributed by atoms with Crippen LogP contribution in [0.2, 0.25) is 32.7 Å². The predicted octanol–water partition coefficient (Wildman–Crippen LogP) is 2.51. The highest BCUT2D eigenvalue weighted by Crippen LogP contribution is 2.18. The fourth-order valence-corrected chi connectivity index (χ4v) is 19.7. The van der Waals surface area contributed by atoms with Gasteiger partial charge in [0.1, 0.15) is 8.24 Å². The highest BCUT2D eigenvalue weighted by atomic mass is 28.4. The third-order valence-electron chi connectivity index (χ3n) is 4.26. The minimum absolute atomic E-state index is 0.951. The maximum Gasteiger partial charge on any atom is 0.174 e. The molecule has 0 saturated carbocycles. The molecule has 0 heterocycles. The Morgan fingerprint density at radius 2 is 0.947 bits per heavy atom. The zero-order chi connectivity index (χ0) is 15.2. The monoisotopic (exact) mass is 319 g/mol. The van der Waals surface area contributed by atoms with E-state index in [0.717, 1.165) is 0 Å². The molecule has 0 amide bonds. The average molecular weight is 320 g/mol. The SMILES string of the molecule is CCN(CC)[SiH](C)N([SiH](C)N(CC)CC)[Si](C)(C)C. The standard InChI is InChI=1S/C13H37N3Si3/c1-10-14(11-2)17(5)16(19(7,8)9)18(6)15(12-3)13-4/h17-18H,10-13H2,1-9H3. The number of hydrogen-bond acceptors (Lipinski definition) is 3. The van der Waals surface area contributed by atoms with Crippen LogP contribution in [-0.2, 0) is 0 Å². The summed E-state index contributed by atoms with van der Waals surface area (Å²) in [5.74, 6) is 0. The zero-order valence-corrected chi connectivity index (χ0v) is 18.1. The maximum absolute atomic E-state index is 3.06. The van der Waals surface area contributed by atoms with Gasteiger partial charge in [0.2, 0.25) is 0 Å². The van der Waals surface area contributed by atoms with E-state index in [-0.39, 0.29) is 0 Å². The van der Waals surface area contributed by atoms with Gasteiger partial charge in [-0.15, -0.1) is 0 Å². The van der Waals surface area contributed by atoms with Crippen LogP contribution in [0, 0.1) is 0 Å². The molecule has 0 aromatic carbocycles. The van der Waals surface area contributed by atoms with Gasteiger partial charge in [0.15, 0.2) is 18.2 Å². The maximum atomic E-state index is 3.06. The Kier molecular flexibility index (Phi) is 8.98. The van der Waals surface area contributed by atoms with Crippen molar-refractivity contribution in [1.82, 2.24) is 13.0 Å². The lowest BCUT2D eigenvalue weighted by atomic mass is 10.7. The molecule has 3 nitrogen and oxygen atoms in total. The summed E-state index contributed by atoms with van der Waals surface area (Å²) in [5, 5.41) is 0. The van der Waals surface area contributed by atoms with Gasteiger partial charge in [-0.3, -0.25) is 0 Å². The molecule has 0 fully saturated rings. The molecule has 0 rings (SSSR count). The molecule has 0 aromatic heterocycles. The molecule has 0 spiro atoms. The van der Waals surface area contributed by atoms with Gasteiger partial charge in [-0.25, -0.2) is 0 Å². The summed E-state index contributed by atoms with van der Waals surface area (Å²) in [6.07, 6.45) is 0. The number of nitrogens with zero attached hydrogens (tertiary/aromatic N) is 3. The van der Waals surface area contributed by atoms with Gasteiger partial charge in [-0.05, 0) is 39.3 Å². The summed E-state index contributed by atoms with van der Waals surface area (Å²) in [7, 11) is -3.13. The smallest absolute Gasteiger partial charge is 0.174 e. The second-order valence-corrected chi connectivity index (χ2v) is 17.9. The fraction of sp³-hybridized carbons (Fsp3) is 1.00. The van der Waals surface area contributed by atoms with Gasteiger partial charge in [-0.1, -0.05) is 47.3 Å². The largest absolute Gasteiger partial charge is 0.349 e. The Labute approximate surface area is 126 Å². The molecular weight excluding hydrogens is 282 g/mol. The summed E-state index contributed by atoms with van der Waals surface area (Å²) < 4.78 is 8.55. The molecule has 0 aliphatic carbocycles. The second kappa shape index (κ2) is 8.74. The minimum Gasteiger partial charge on any atom is -0.349 e. The first-order chi connectivity index (χ1) is 8.74. The van der Waals surface area contributed by atoms with Gasteiger partial charge in [0.05, 0.1) is 0 Å². The first kappa shape index (κ1) is 19.5. The Hall–Kier alpha value is 0.531. The van der Waals surface area contributed by atoms with Crippen molar-refractivity contribution in [2.24, 2.45) is 0 Å². The quantitative estimate of drug-likeness (QED) is 0.605. The van der Waals surface area contributed by atoms with Crippen LogP contribution in [0.1, 0.15) is 27.7 Å². The van der Waals surface area contributed by atoms with Crippen molar-refractivity contribution >= 4 is 26.5 Å². The Bertz CT molecular complexity index is 220. The van der Waals surface area contributed by atoms with Crippen LogP contribution in [0.4, 0.5) is 0 Å². The predicted molar refractivity (Wildman–Crippen MR) is 97.1 cm³/mol. The van der Waals surface area contributed by atoms with Gasteiger partial charge < -0.3 is 13.0 Å². The van der Waals surface area contributed by atoms with Crippen LogP contribution < -0.4 is 0 Å². The third-order valence-corrected chi connectivity index (χ3v) is 20.5. The highest BCUT2D eigenvalue weighted by Gasteiger charge is 2.37. The lowest BCUT2D eigenvalue weighted by Gasteiger charge is -2.49.